The molecule has 1 saturated heterocycles. The first-order valence-electron chi connectivity index (χ1n) is 8.82. The average molecular weight is 382 g/mol. The Balaban J connectivity index is 1.43. The first-order chi connectivity index (χ1) is 13.2. The van der Waals surface area contributed by atoms with E-state index in [9.17, 15) is 0 Å². The summed E-state index contributed by atoms with van der Waals surface area (Å²) in [5, 5.41) is 3.94. The minimum Gasteiger partial charge on any atom is -0.353 e. The van der Waals surface area contributed by atoms with Gasteiger partial charge >= 0.3 is 0 Å². The summed E-state index contributed by atoms with van der Waals surface area (Å²) in [6, 6.07) is 9.58. The number of halogens is 1. The Kier molecular flexibility index (Phi) is 5.02. The third-order valence-corrected chi connectivity index (χ3v) is 4.91. The molecule has 1 aliphatic rings. The number of aromatic nitrogens is 4. The molecule has 0 aliphatic carbocycles. The zero-order valence-corrected chi connectivity index (χ0v) is 15.8. The van der Waals surface area contributed by atoms with Crippen molar-refractivity contribution in [2.24, 2.45) is 0 Å². The third-order valence-electron chi connectivity index (χ3n) is 4.51. The molecule has 27 heavy (non-hydrogen) atoms. The van der Waals surface area contributed by atoms with Crippen molar-refractivity contribution in [2.45, 2.75) is 6.92 Å². The van der Waals surface area contributed by atoms with Gasteiger partial charge < -0.3 is 15.1 Å². The molecule has 1 aromatic carbocycles. The SMILES string of the molecule is Cc1ccc(Nc2nccc(N3CCN(c4ncccn4)CC3)n2)cc1Cl. The van der Waals surface area contributed by atoms with Crippen molar-refractivity contribution < 1.29 is 0 Å². The van der Waals surface area contributed by atoms with E-state index in [1.807, 2.05) is 37.3 Å². The predicted octanol–water partition coefficient (Wildman–Crippen LogP) is 3.30. The van der Waals surface area contributed by atoms with Gasteiger partial charge in [-0.05, 0) is 36.8 Å². The molecule has 0 radical (unpaired) electrons. The van der Waals surface area contributed by atoms with Crippen molar-refractivity contribution in [3.63, 3.8) is 0 Å². The maximum atomic E-state index is 6.19. The highest BCUT2D eigenvalue weighted by atomic mass is 35.5. The van der Waals surface area contributed by atoms with E-state index < -0.39 is 0 Å². The monoisotopic (exact) mass is 381 g/mol. The average Bonchev–Trinajstić information content (AvgIpc) is 2.72. The molecule has 1 fully saturated rings. The van der Waals surface area contributed by atoms with Gasteiger partial charge in [-0.2, -0.15) is 4.98 Å². The molecule has 3 aromatic rings. The van der Waals surface area contributed by atoms with Gasteiger partial charge in [0.25, 0.3) is 0 Å². The van der Waals surface area contributed by atoms with Crippen LogP contribution in [0.25, 0.3) is 0 Å². The van der Waals surface area contributed by atoms with E-state index in [1.165, 1.54) is 0 Å². The second-order valence-electron chi connectivity index (χ2n) is 6.35. The van der Waals surface area contributed by atoms with Crippen molar-refractivity contribution in [3.8, 4) is 0 Å². The molecular weight excluding hydrogens is 362 g/mol. The molecule has 7 nitrogen and oxygen atoms in total. The second-order valence-corrected chi connectivity index (χ2v) is 6.76. The normalized spacial score (nSPS) is 14.3. The lowest BCUT2D eigenvalue weighted by Crippen LogP contribution is -2.47. The third kappa shape index (κ3) is 4.09. The highest BCUT2D eigenvalue weighted by molar-refractivity contribution is 6.31. The second kappa shape index (κ2) is 7.75. The van der Waals surface area contributed by atoms with Gasteiger partial charge in [0.2, 0.25) is 11.9 Å². The van der Waals surface area contributed by atoms with Gasteiger partial charge in [0, 0.05) is 55.5 Å². The largest absolute Gasteiger partial charge is 0.353 e. The number of hydrogen-bond acceptors (Lipinski definition) is 7. The number of benzene rings is 1. The van der Waals surface area contributed by atoms with Crippen molar-refractivity contribution >= 4 is 35.0 Å². The number of nitrogens with one attached hydrogen (secondary N) is 1. The minimum atomic E-state index is 0.557. The Morgan fingerprint density at radius 1 is 0.926 bits per heavy atom. The van der Waals surface area contributed by atoms with E-state index in [0.717, 1.165) is 54.2 Å². The summed E-state index contributed by atoms with van der Waals surface area (Å²) in [6.07, 6.45) is 5.32. The smallest absolute Gasteiger partial charge is 0.229 e. The fourth-order valence-corrected chi connectivity index (χ4v) is 3.16. The fourth-order valence-electron chi connectivity index (χ4n) is 2.98. The Labute approximate surface area is 163 Å². The first kappa shape index (κ1) is 17.5. The van der Waals surface area contributed by atoms with E-state index in [2.05, 4.69) is 35.1 Å². The van der Waals surface area contributed by atoms with Crippen LogP contribution in [0.15, 0.2) is 48.9 Å². The van der Waals surface area contributed by atoms with Crippen LogP contribution in [-0.4, -0.2) is 46.1 Å². The van der Waals surface area contributed by atoms with Crippen LogP contribution in [0.1, 0.15) is 5.56 Å². The number of aryl methyl sites for hydroxylation is 1. The molecule has 0 amide bonds. The number of hydrogen-bond donors (Lipinski definition) is 1. The van der Waals surface area contributed by atoms with Crippen molar-refractivity contribution in [1.82, 2.24) is 19.9 Å². The van der Waals surface area contributed by atoms with Crippen molar-refractivity contribution in [3.05, 3.63) is 59.5 Å². The molecule has 2 aromatic heterocycles. The van der Waals surface area contributed by atoms with E-state index in [0.29, 0.717) is 5.95 Å². The number of anilines is 4. The van der Waals surface area contributed by atoms with Crippen LogP contribution in [0.5, 0.6) is 0 Å². The molecule has 0 bridgehead atoms. The molecule has 3 heterocycles. The number of rotatable bonds is 4. The zero-order valence-electron chi connectivity index (χ0n) is 15.0. The molecule has 0 saturated carbocycles. The highest BCUT2D eigenvalue weighted by Gasteiger charge is 2.20. The summed E-state index contributed by atoms with van der Waals surface area (Å²) < 4.78 is 0. The first-order valence-corrected chi connectivity index (χ1v) is 9.20. The van der Waals surface area contributed by atoms with Crippen LogP contribution in [0.3, 0.4) is 0 Å². The Morgan fingerprint density at radius 2 is 1.67 bits per heavy atom. The van der Waals surface area contributed by atoms with E-state index in [-0.39, 0.29) is 0 Å². The van der Waals surface area contributed by atoms with Gasteiger partial charge in [-0.25, -0.2) is 15.0 Å². The lowest BCUT2D eigenvalue weighted by molar-refractivity contribution is 0.634. The van der Waals surface area contributed by atoms with Crippen molar-refractivity contribution in [1.29, 1.82) is 0 Å². The Morgan fingerprint density at radius 3 is 2.41 bits per heavy atom. The van der Waals surface area contributed by atoms with Crippen LogP contribution >= 0.6 is 11.6 Å². The van der Waals surface area contributed by atoms with Gasteiger partial charge in [-0.15, -0.1) is 0 Å². The summed E-state index contributed by atoms with van der Waals surface area (Å²) in [4.78, 5) is 22.1. The van der Waals surface area contributed by atoms with Crippen molar-refractivity contribution in [2.75, 3.05) is 41.3 Å². The Bertz CT molecular complexity index is 911. The molecule has 0 spiro atoms. The minimum absolute atomic E-state index is 0.557. The fraction of sp³-hybridized carbons (Fsp3) is 0.263. The van der Waals surface area contributed by atoms with Gasteiger partial charge in [0.1, 0.15) is 5.82 Å². The molecule has 1 aliphatic heterocycles. The van der Waals surface area contributed by atoms with E-state index >= 15 is 0 Å². The summed E-state index contributed by atoms with van der Waals surface area (Å²) in [5.41, 5.74) is 1.91. The van der Waals surface area contributed by atoms with E-state index in [4.69, 9.17) is 11.6 Å². The van der Waals surface area contributed by atoms with Gasteiger partial charge in [0.05, 0.1) is 0 Å². The molecule has 0 unspecified atom stereocenters. The molecule has 4 rings (SSSR count). The molecule has 8 heteroatoms. The standard InChI is InChI=1S/C19H20ClN7/c1-14-3-4-15(13-16(14)20)24-18-21-8-5-17(25-18)26-9-11-27(12-10-26)19-22-6-2-7-23-19/h2-8,13H,9-12H2,1H3,(H,21,24,25). The molecule has 138 valence electrons. The molecular formula is C19H20ClN7. The predicted molar refractivity (Wildman–Crippen MR) is 108 cm³/mol. The lowest BCUT2D eigenvalue weighted by Gasteiger charge is -2.35. The summed E-state index contributed by atoms with van der Waals surface area (Å²) in [6.45, 7) is 5.38. The summed E-state index contributed by atoms with van der Waals surface area (Å²) in [7, 11) is 0. The molecule has 1 N–H and O–H groups in total. The number of nitrogens with zero attached hydrogens (tertiary/aromatic N) is 6. The van der Waals surface area contributed by atoms with Crippen LogP contribution in [0, 0.1) is 6.92 Å². The van der Waals surface area contributed by atoms with E-state index in [1.54, 1.807) is 18.6 Å². The quantitative estimate of drug-likeness (QED) is 0.743. The number of piperazine rings is 1. The maximum absolute atomic E-state index is 6.19. The van der Waals surface area contributed by atoms with Crippen LogP contribution in [0.2, 0.25) is 5.02 Å². The lowest BCUT2D eigenvalue weighted by atomic mass is 10.2. The topological polar surface area (TPSA) is 70.1 Å². The van der Waals surface area contributed by atoms with Gasteiger partial charge in [-0.1, -0.05) is 17.7 Å². The van der Waals surface area contributed by atoms with Crippen LogP contribution in [0.4, 0.5) is 23.4 Å². The zero-order chi connectivity index (χ0) is 18.6. The van der Waals surface area contributed by atoms with Gasteiger partial charge in [-0.3, -0.25) is 0 Å². The maximum Gasteiger partial charge on any atom is 0.229 e. The Hall–Kier alpha value is -2.93. The highest BCUT2D eigenvalue weighted by Crippen LogP contribution is 2.23. The summed E-state index contributed by atoms with van der Waals surface area (Å²) >= 11 is 6.19. The summed E-state index contributed by atoms with van der Waals surface area (Å²) in [5.74, 6) is 2.24. The van der Waals surface area contributed by atoms with Crippen LogP contribution in [-0.2, 0) is 0 Å². The van der Waals surface area contributed by atoms with Crippen LogP contribution < -0.4 is 15.1 Å². The molecule has 0 atom stereocenters. The van der Waals surface area contributed by atoms with Gasteiger partial charge in [0.15, 0.2) is 0 Å².